The zero-order valence-electron chi connectivity index (χ0n) is 11.0. The fourth-order valence-corrected chi connectivity index (χ4v) is 2.66. The molecule has 0 aliphatic rings. The second kappa shape index (κ2) is 6.37. The predicted molar refractivity (Wildman–Crippen MR) is 87.4 cm³/mol. The molecule has 2 aromatic carbocycles. The third-order valence-corrected chi connectivity index (χ3v) is 4.18. The molecular weight excluding hydrogens is 352 g/mol. The molecule has 0 radical (unpaired) electrons. The number of para-hydroxylation sites is 1. The van der Waals surface area contributed by atoms with Crippen molar-refractivity contribution in [2.45, 2.75) is 4.83 Å². The van der Waals surface area contributed by atoms with Crippen LogP contribution in [-0.2, 0) is 0 Å². The molecule has 0 spiro atoms. The molecule has 0 aliphatic heterocycles. The fourth-order valence-electron chi connectivity index (χ4n) is 1.96. The van der Waals surface area contributed by atoms with Gasteiger partial charge in [0, 0.05) is 0 Å². The van der Waals surface area contributed by atoms with Crippen molar-refractivity contribution in [1.82, 2.24) is 0 Å². The highest BCUT2D eigenvalue weighted by Gasteiger charge is 2.14. The minimum atomic E-state index is -0.0317. The first-order valence-electron chi connectivity index (χ1n) is 6.44. The average molecular weight is 364 g/mol. The van der Waals surface area contributed by atoms with E-state index in [9.17, 15) is 0 Å². The second-order valence-corrected chi connectivity index (χ2v) is 5.78. The molecule has 0 saturated heterocycles. The SMILES string of the molecule is Clc1ccc(C(Br)c2ccc(Oc3ccccc3)cc2)o1. The van der Waals surface area contributed by atoms with E-state index in [1.54, 1.807) is 6.07 Å². The summed E-state index contributed by atoms with van der Waals surface area (Å²) in [5, 5.41) is 0.387. The molecule has 0 bridgehead atoms. The molecule has 0 amide bonds. The van der Waals surface area contributed by atoms with E-state index >= 15 is 0 Å². The summed E-state index contributed by atoms with van der Waals surface area (Å²) in [6.07, 6.45) is 0. The quantitative estimate of drug-likeness (QED) is 0.514. The smallest absolute Gasteiger partial charge is 0.193 e. The summed E-state index contributed by atoms with van der Waals surface area (Å²) in [6.45, 7) is 0. The number of hydrogen-bond acceptors (Lipinski definition) is 2. The van der Waals surface area contributed by atoms with Gasteiger partial charge in [-0.2, -0.15) is 0 Å². The van der Waals surface area contributed by atoms with Gasteiger partial charge in [-0.25, -0.2) is 0 Å². The number of hydrogen-bond donors (Lipinski definition) is 0. The maximum Gasteiger partial charge on any atom is 0.193 e. The Kier molecular flexibility index (Phi) is 4.32. The first-order chi connectivity index (χ1) is 10.2. The highest BCUT2D eigenvalue weighted by atomic mass is 79.9. The number of rotatable bonds is 4. The molecule has 0 N–H and O–H groups in total. The summed E-state index contributed by atoms with van der Waals surface area (Å²) in [4.78, 5) is -0.0317. The van der Waals surface area contributed by atoms with E-state index in [2.05, 4.69) is 15.9 Å². The van der Waals surface area contributed by atoms with E-state index in [0.29, 0.717) is 5.22 Å². The van der Waals surface area contributed by atoms with E-state index in [4.69, 9.17) is 20.8 Å². The topological polar surface area (TPSA) is 22.4 Å². The standard InChI is InChI=1S/C17H12BrClO2/c18-17(15-10-11-16(19)21-15)12-6-8-14(9-7-12)20-13-4-2-1-3-5-13/h1-11,17H. The van der Waals surface area contributed by atoms with E-state index in [1.165, 1.54) is 0 Å². The fraction of sp³-hybridized carbons (Fsp3) is 0.0588. The van der Waals surface area contributed by atoms with Crippen molar-refractivity contribution in [2.75, 3.05) is 0 Å². The first-order valence-corrected chi connectivity index (χ1v) is 7.74. The van der Waals surface area contributed by atoms with Crippen LogP contribution in [0.4, 0.5) is 0 Å². The molecule has 106 valence electrons. The second-order valence-electron chi connectivity index (χ2n) is 4.49. The lowest BCUT2D eigenvalue weighted by atomic mass is 10.1. The molecular formula is C17H12BrClO2. The van der Waals surface area contributed by atoms with Gasteiger partial charge in [-0.15, -0.1) is 0 Å². The van der Waals surface area contributed by atoms with Crippen LogP contribution in [0.25, 0.3) is 0 Å². The Morgan fingerprint density at radius 3 is 2.14 bits per heavy atom. The highest BCUT2D eigenvalue weighted by Crippen LogP contribution is 2.34. The lowest BCUT2D eigenvalue weighted by Gasteiger charge is -2.09. The van der Waals surface area contributed by atoms with E-state index in [-0.39, 0.29) is 4.83 Å². The third-order valence-electron chi connectivity index (χ3n) is 3.00. The molecule has 3 rings (SSSR count). The molecule has 0 aliphatic carbocycles. The molecule has 2 nitrogen and oxygen atoms in total. The zero-order chi connectivity index (χ0) is 14.7. The summed E-state index contributed by atoms with van der Waals surface area (Å²) >= 11 is 9.41. The number of alkyl halides is 1. The number of benzene rings is 2. The van der Waals surface area contributed by atoms with Gasteiger partial charge in [-0.3, -0.25) is 0 Å². The van der Waals surface area contributed by atoms with Crippen LogP contribution in [0.15, 0.2) is 71.1 Å². The minimum Gasteiger partial charge on any atom is -0.457 e. The molecule has 1 unspecified atom stereocenters. The number of halogens is 2. The molecule has 0 saturated carbocycles. The summed E-state index contributed by atoms with van der Waals surface area (Å²) in [5.74, 6) is 2.39. The van der Waals surface area contributed by atoms with Gasteiger partial charge in [0.1, 0.15) is 17.3 Å². The van der Waals surface area contributed by atoms with Gasteiger partial charge in [0.15, 0.2) is 5.22 Å². The van der Waals surface area contributed by atoms with Crippen LogP contribution in [0.3, 0.4) is 0 Å². The van der Waals surface area contributed by atoms with Crippen LogP contribution in [0.5, 0.6) is 11.5 Å². The molecule has 0 fully saturated rings. The van der Waals surface area contributed by atoms with Crippen LogP contribution in [-0.4, -0.2) is 0 Å². The Bertz CT molecular complexity index is 707. The van der Waals surface area contributed by atoms with Gasteiger partial charge in [0.05, 0.1) is 4.83 Å². The largest absolute Gasteiger partial charge is 0.457 e. The van der Waals surface area contributed by atoms with Gasteiger partial charge < -0.3 is 9.15 Å². The Morgan fingerprint density at radius 1 is 0.857 bits per heavy atom. The predicted octanol–water partition coefficient (Wildman–Crippen LogP) is 6.21. The zero-order valence-corrected chi connectivity index (χ0v) is 13.3. The summed E-state index contributed by atoms with van der Waals surface area (Å²) in [7, 11) is 0. The van der Waals surface area contributed by atoms with Gasteiger partial charge in [-0.1, -0.05) is 46.3 Å². The van der Waals surface area contributed by atoms with Gasteiger partial charge in [0.25, 0.3) is 0 Å². The summed E-state index contributed by atoms with van der Waals surface area (Å²) in [6, 6.07) is 21.1. The van der Waals surface area contributed by atoms with E-state index in [0.717, 1.165) is 22.8 Å². The molecule has 4 heteroatoms. The summed E-state index contributed by atoms with van der Waals surface area (Å²) < 4.78 is 11.2. The molecule has 1 atom stereocenters. The monoisotopic (exact) mass is 362 g/mol. The lowest BCUT2D eigenvalue weighted by molar-refractivity contribution is 0.482. The Morgan fingerprint density at radius 2 is 1.52 bits per heavy atom. The molecule has 1 aromatic heterocycles. The highest BCUT2D eigenvalue weighted by molar-refractivity contribution is 9.09. The van der Waals surface area contributed by atoms with Crippen molar-refractivity contribution in [2.24, 2.45) is 0 Å². The normalized spacial score (nSPS) is 12.1. The first kappa shape index (κ1) is 14.2. The Balaban J connectivity index is 1.75. The molecule has 1 heterocycles. The Hall–Kier alpha value is -1.71. The van der Waals surface area contributed by atoms with Crippen molar-refractivity contribution in [1.29, 1.82) is 0 Å². The van der Waals surface area contributed by atoms with Crippen molar-refractivity contribution in [3.8, 4) is 11.5 Å². The summed E-state index contributed by atoms with van der Waals surface area (Å²) in [5.41, 5.74) is 1.07. The maximum atomic E-state index is 5.80. The van der Waals surface area contributed by atoms with E-state index in [1.807, 2.05) is 60.7 Å². The van der Waals surface area contributed by atoms with Gasteiger partial charge in [-0.05, 0) is 53.6 Å². The number of ether oxygens (including phenoxy) is 1. The molecule has 3 aromatic rings. The van der Waals surface area contributed by atoms with Crippen molar-refractivity contribution in [3.05, 3.63) is 83.3 Å². The van der Waals surface area contributed by atoms with Crippen LogP contribution in [0.2, 0.25) is 5.22 Å². The Labute approximate surface area is 136 Å². The lowest BCUT2D eigenvalue weighted by Crippen LogP contribution is -1.91. The van der Waals surface area contributed by atoms with Crippen molar-refractivity contribution in [3.63, 3.8) is 0 Å². The van der Waals surface area contributed by atoms with Crippen molar-refractivity contribution >= 4 is 27.5 Å². The number of furan rings is 1. The molecule has 21 heavy (non-hydrogen) atoms. The van der Waals surface area contributed by atoms with Crippen LogP contribution in [0.1, 0.15) is 16.2 Å². The average Bonchev–Trinajstić information content (AvgIpc) is 2.95. The minimum absolute atomic E-state index is 0.0317. The van der Waals surface area contributed by atoms with Crippen LogP contribution in [0, 0.1) is 0 Å². The maximum absolute atomic E-state index is 5.80. The van der Waals surface area contributed by atoms with Crippen LogP contribution >= 0.6 is 27.5 Å². The van der Waals surface area contributed by atoms with Gasteiger partial charge in [0.2, 0.25) is 0 Å². The van der Waals surface area contributed by atoms with E-state index < -0.39 is 0 Å². The van der Waals surface area contributed by atoms with Crippen LogP contribution < -0.4 is 4.74 Å². The van der Waals surface area contributed by atoms with Crippen molar-refractivity contribution < 1.29 is 9.15 Å². The third kappa shape index (κ3) is 3.49. The van der Waals surface area contributed by atoms with Gasteiger partial charge >= 0.3 is 0 Å².